The summed E-state index contributed by atoms with van der Waals surface area (Å²) in [7, 11) is 0. The van der Waals surface area contributed by atoms with Crippen molar-refractivity contribution in [2.24, 2.45) is 0 Å². The van der Waals surface area contributed by atoms with Gasteiger partial charge in [-0.2, -0.15) is 5.26 Å². The van der Waals surface area contributed by atoms with E-state index in [2.05, 4.69) is 4.98 Å². The van der Waals surface area contributed by atoms with E-state index < -0.39 is 17.4 Å². The second kappa shape index (κ2) is 5.94. The van der Waals surface area contributed by atoms with Crippen LogP contribution >= 0.6 is 0 Å². The molecular weight excluding hydrogens is 374 g/mol. The summed E-state index contributed by atoms with van der Waals surface area (Å²) in [5.41, 5.74) is 2.43. The van der Waals surface area contributed by atoms with Crippen molar-refractivity contribution < 1.29 is 18.7 Å². The number of halogens is 2. The van der Waals surface area contributed by atoms with Crippen molar-refractivity contribution >= 4 is 16.9 Å². The highest BCUT2D eigenvalue weighted by atomic mass is 19.1. The molecule has 5 rings (SSSR count). The van der Waals surface area contributed by atoms with E-state index in [1.807, 2.05) is 6.07 Å². The first-order chi connectivity index (χ1) is 14.0. The number of ketones is 1. The largest absolute Gasteiger partial charge is 0.507 e. The van der Waals surface area contributed by atoms with Crippen molar-refractivity contribution in [3.05, 3.63) is 94.2 Å². The summed E-state index contributed by atoms with van der Waals surface area (Å²) < 4.78 is 28.4. The molecule has 2 aliphatic rings. The molecule has 6 heteroatoms. The smallest absolute Gasteiger partial charge is 0.195 e. The predicted molar refractivity (Wildman–Crippen MR) is 102 cm³/mol. The Balaban J connectivity index is 1.94. The molecule has 2 aromatic carbocycles. The third-order valence-corrected chi connectivity index (χ3v) is 5.15. The Kier molecular flexibility index (Phi) is 3.49. The van der Waals surface area contributed by atoms with Crippen LogP contribution in [0.1, 0.15) is 27.0 Å². The van der Waals surface area contributed by atoms with Gasteiger partial charge in [0.25, 0.3) is 0 Å². The molecule has 138 valence electrons. The van der Waals surface area contributed by atoms with Gasteiger partial charge in [0.05, 0.1) is 17.3 Å². The first kappa shape index (κ1) is 17.0. The normalized spacial score (nSPS) is 17.8. The molecule has 1 heterocycles. The van der Waals surface area contributed by atoms with E-state index >= 15 is 0 Å². The lowest BCUT2D eigenvalue weighted by Crippen LogP contribution is -2.00. The summed E-state index contributed by atoms with van der Waals surface area (Å²) >= 11 is 0. The molecule has 0 unspecified atom stereocenters. The number of carbonyl (C=O) groups excluding carboxylic acids is 1. The van der Waals surface area contributed by atoms with E-state index in [-0.39, 0.29) is 28.0 Å². The second-order valence-electron chi connectivity index (χ2n) is 6.68. The van der Waals surface area contributed by atoms with Gasteiger partial charge in [0.2, 0.25) is 0 Å². The van der Waals surface area contributed by atoms with Crippen LogP contribution in [0.3, 0.4) is 0 Å². The van der Waals surface area contributed by atoms with E-state index in [0.29, 0.717) is 34.0 Å². The van der Waals surface area contributed by atoms with Crippen molar-refractivity contribution in [3.8, 4) is 23.1 Å². The topological polar surface area (TPSA) is 74.0 Å². The van der Waals surface area contributed by atoms with Gasteiger partial charge < -0.3 is 5.11 Å². The van der Waals surface area contributed by atoms with Crippen LogP contribution in [0.2, 0.25) is 0 Å². The molecule has 0 bridgehead atoms. The molecule has 0 saturated heterocycles. The van der Waals surface area contributed by atoms with Gasteiger partial charge in [0, 0.05) is 51.7 Å². The molecule has 0 radical (unpaired) electrons. The van der Waals surface area contributed by atoms with E-state index in [0.717, 1.165) is 12.1 Å². The monoisotopic (exact) mass is 384 g/mol. The van der Waals surface area contributed by atoms with E-state index in [9.17, 15) is 23.9 Å². The van der Waals surface area contributed by atoms with Gasteiger partial charge >= 0.3 is 0 Å². The number of Topliss-reactive ketones (excluding diaryl/α,β-unsaturated/α-hetero) is 1. The molecule has 0 saturated carbocycles. The van der Waals surface area contributed by atoms with Crippen molar-refractivity contribution in [1.29, 1.82) is 5.26 Å². The lowest BCUT2D eigenvalue weighted by molar-refractivity contribution is 0.104. The van der Waals surface area contributed by atoms with Crippen molar-refractivity contribution in [2.45, 2.75) is 0 Å². The molecule has 2 aliphatic carbocycles. The Morgan fingerprint density at radius 2 is 1.79 bits per heavy atom. The van der Waals surface area contributed by atoms with Crippen LogP contribution in [0, 0.1) is 23.0 Å². The van der Waals surface area contributed by atoms with Crippen LogP contribution < -0.4 is 0 Å². The van der Waals surface area contributed by atoms with Crippen molar-refractivity contribution in [3.63, 3.8) is 0 Å². The Hall–Kier alpha value is -4.11. The number of hydrogen-bond acceptors (Lipinski definition) is 4. The van der Waals surface area contributed by atoms with Crippen molar-refractivity contribution in [2.75, 3.05) is 0 Å². The number of rotatable bonds is 0. The van der Waals surface area contributed by atoms with E-state index in [4.69, 9.17) is 0 Å². The summed E-state index contributed by atoms with van der Waals surface area (Å²) in [5.74, 6) is -2.38. The highest BCUT2D eigenvalue weighted by Crippen LogP contribution is 2.52. The minimum absolute atomic E-state index is 0.0101. The lowest BCUT2D eigenvalue weighted by atomic mass is 9.93. The third-order valence-electron chi connectivity index (χ3n) is 5.15. The quantitative estimate of drug-likeness (QED) is 0.354. The van der Waals surface area contributed by atoms with Gasteiger partial charge in [-0.3, -0.25) is 9.78 Å². The van der Waals surface area contributed by atoms with Crippen LogP contribution in [0.5, 0.6) is 5.75 Å². The molecular formula is C23H10F2N2O2. The number of aromatic hydroxyl groups is 1. The predicted octanol–water partition coefficient (Wildman–Crippen LogP) is 4.65. The highest BCUT2D eigenvalue weighted by molar-refractivity contribution is 6.32. The van der Waals surface area contributed by atoms with E-state index in [1.54, 1.807) is 30.5 Å². The summed E-state index contributed by atoms with van der Waals surface area (Å²) in [6.45, 7) is 0. The molecule has 29 heavy (non-hydrogen) atoms. The Labute approximate surface area is 163 Å². The number of benzene rings is 2. The van der Waals surface area contributed by atoms with Gasteiger partial charge in [0.1, 0.15) is 17.4 Å². The van der Waals surface area contributed by atoms with Crippen LogP contribution in [-0.4, -0.2) is 15.9 Å². The zero-order valence-electron chi connectivity index (χ0n) is 14.7. The minimum Gasteiger partial charge on any atom is -0.507 e. The molecule has 0 fully saturated rings. The Morgan fingerprint density at radius 1 is 1.00 bits per heavy atom. The third kappa shape index (κ3) is 2.21. The molecule has 0 aliphatic heterocycles. The fourth-order valence-electron chi connectivity index (χ4n) is 4.08. The summed E-state index contributed by atoms with van der Waals surface area (Å²) in [4.78, 5) is 17.6. The molecule has 0 spiro atoms. The fourth-order valence-corrected chi connectivity index (χ4v) is 4.08. The van der Waals surface area contributed by atoms with Crippen LogP contribution in [0.25, 0.3) is 22.4 Å². The number of aromatic nitrogens is 1. The SMILES string of the molecule is N#CC=C1/C(=C2/c3cccnc3-c3c(O)cccc32)C(=O)c2cc(F)cc(F)c21. The maximum atomic E-state index is 14.6. The zero-order valence-corrected chi connectivity index (χ0v) is 14.7. The lowest BCUT2D eigenvalue weighted by Gasteiger charge is -2.09. The maximum Gasteiger partial charge on any atom is 0.195 e. The molecule has 0 atom stereocenters. The molecule has 1 N–H and O–H groups in total. The summed E-state index contributed by atoms with van der Waals surface area (Å²) in [6.07, 6.45) is 2.65. The molecule has 3 aromatic rings. The summed E-state index contributed by atoms with van der Waals surface area (Å²) in [6, 6.07) is 11.8. The highest BCUT2D eigenvalue weighted by Gasteiger charge is 2.39. The van der Waals surface area contributed by atoms with Gasteiger partial charge in [-0.1, -0.05) is 18.2 Å². The first-order valence-corrected chi connectivity index (χ1v) is 8.69. The standard InChI is InChI=1S/C23H10F2N2O2/c24-11-9-15-18(16(25)10-11)13(6-7-26)21(23(15)29)19-12-3-1-5-17(28)20(12)22-14(19)4-2-8-27-22/h1-6,8-10,28H/b13-6?,21-19-. The fraction of sp³-hybridized carbons (Fsp3) is 0. The number of allylic oxidation sites excluding steroid dienone is 3. The number of nitriles is 1. The van der Waals surface area contributed by atoms with Crippen LogP contribution in [0.4, 0.5) is 8.78 Å². The molecule has 4 nitrogen and oxygen atoms in total. The van der Waals surface area contributed by atoms with E-state index in [1.165, 1.54) is 6.07 Å². The van der Waals surface area contributed by atoms with Crippen LogP contribution in [0.15, 0.2) is 60.3 Å². The molecule has 1 aromatic heterocycles. The zero-order chi connectivity index (χ0) is 20.3. The summed E-state index contributed by atoms with van der Waals surface area (Å²) in [5, 5.41) is 19.7. The number of pyridine rings is 1. The average molecular weight is 384 g/mol. The van der Waals surface area contributed by atoms with Gasteiger partial charge in [-0.25, -0.2) is 8.78 Å². The second-order valence-corrected chi connectivity index (χ2v) is 6.68. The number of carbonyl (C=O) groups is 1. The van der Waals surface area contributed by atoms with Crippen LogP contribution in [-0.2, 0) is 0 Å². The number of hydrogen-bond donors (Lipinski definition) is 1. The number of phenolic OH excluding ortho intramolecular Hbond substituents is 1. The average Bonchev–Trinajstić information content (AvgIpc) is 3.16. The minimum atomic E-state index is -0.911. The van der Waals surface area contributed by atoms with Gasteiger partial charge in [0.15, 0.2) is 5.78 Å². The maximum absolute atomic E-state index is 14.6. The first-order valence-electron chi connectivity index (χ1n) is 8.69. The van der Waals surface area contributed by atoms with Gasteiger partial charge in [-0.05, 0) is 23.8 Å². The number of phenols is 1. The number of nitrogens with zero attached hydrogens (tertiary/aromatic N) is 2. The Bertz CT molecular complexity index is 1360. The van der Waals surface area contributed by atoms with Gasteiger partial charge in [-0.15, -0.1) is 0 Å². The Morgan fingerprint density at radius 3 is 2.59 bits per heavy atom. The molecule has 0 amide bonds. The number of fused-ring (bicyclic) bond motifs is 4. The van der Waals surface area contributed by atoms with Crippen molar-refractivity contribution in [1.82, 2.24) is 4.98 Å².